The Morgan fingerprint density at radius 3 is 1.95 bits per heavy atom. The van der Waals surface area contributed by atoms with E-state index >= 15 is 0 Å². The zero-order valence-corrected chi connectivity index (χ0v) is 13.0. The Balaban J connectivity index is 0. The minimum Gasteiger partial charge on any atom is -0.380 e. The van der Waals surface area contributed by atoms with E-state index in [2.05, 4.69) is 26.1 Å². The number of rotatable bonds is 7. The summed E-state index contributed by atoms with van der Waals surface area (Å²) in [5, 5.41) is 3.07. The molecule has 4 nitrogen and oxygen atoms in total. The molecule has 4 heteroatoms. The Morgan fingerprint density at radius 2 is 1.53 bits per heavy atom. The van der Waals surface area contributed by atoms with Crippen LogP contribution in [0, 0.1) is 0 Å². The molecule has 112 valence electrons. The molecule has 0 aromatic heterocycles. The molecule has 1 N–H and O–H groups in total. The van der Waals surface area contributed by atoms with Gasteiger partial charge in [-0.1, -0.05) is 33.6 Å². The van der Waals surface area contributed by atoms with Gasteiger partial charge >= 0.3 is 0 Å². The van der Waals surface area contributed by atoms with Gasteiger partial charge in [-0.2, -0.15) is 0 Å². The third-order valence-electron chi connectivity index (χ3n) is 2.80. The van der Waals surface area contributed by atoms with Crippen LogP contribution in [0.15, 0.2) is 9.59 Å². The predicted octanol–water partition coefficient (Wildman–Crippen LogP) is 3.00. The van der Waals surface area contributed by atoms with E-state index in [-0.39, 0.29) is 12.3 Å². The molecule has 1 aromatic carbocycles. The van der Waals surface area contributed by atoms with Gasteiger partial charge in [0.2, 0.25) is 0 Å². The SMILES string of the molecule is CCC.CCCCNc1c(N(CC)CC)c(=O)c1=O.[HH]. The molecule has 1 aromatic rings. The molecule has 0 aliphatic rings. The number of unbranched alkanes of at least 4 members (excludes halogenated alkanes) is 1. The van der Waals surface area contributed by atoms with Crippen LogP contribution in [-0.4, -0.2) is 19.6 Å². The fourth-order valence-corrected chi connectivity index (χ4v) is 1.78. The summed E-state index contributed by atoms with van der Waals surface area (Å²) in [7, 11) is 0. The molecule has 0 heterocycles. The van der Waals surface area contributed by atoms with Crippen molar-refractivity contribution in [3.8, 4) is 0 Å². The Morgan fingerprint density at radius 1 is 1.00 bits per heavy atom. The average molecular weight is 270 g/mol. The van der Waals surface area contributed by atoms with Gasteiger partial charge in [-0.25, -0.2) is 0 Å². The zero-order chi connectivity index (χ0) is 14.8. The molecule has 0 saturated carbocycles. The molecule has 0 saturated heterocycles. The van der Waals surface area contributed by atoms with E-state index < -0.39 is 0 Å². The van der Waals surface area contributed by atoms with Crippen molar-refractivity contribution >= 4 is 11.4 Å². The first-order valence-electron chi connectivity index (χ1n) is 7.40. The van der Waals surface area contributed by atoms with Crippen LogP contribution in [-0.2, 0) is 0 Å². The zero-order valence-electron chi connectivity index (χ0n) is 13.0. The van der Waals surface area contributed by atoms with Crippen LogP contribution in [0.4, 0.5) is 11.4 Å². The van der Waals surface area contributed by atoms with Crippen molar-refractivity contribution in [2.75, 3.05) is 29.9 Å². The van der Waals surface area contributed by atoms with Crippen LogP contribution in [0.3, 0.4) is 0 Å². The lowest BCUT2D eigenvalue weighted by Gasteiger charge is -2.24. The van der Waals surface area contributed by atoms with Crippen molar-refractivity contribution in [2.45, 2.75) is 53.9 Å². The van der Waals surface area contributed by atoms with Crippen LogP contribution in [0.1, 0.15) is 55.3 Å². The normalized spacial score (nSPS) is 9.95. The van der Waals surface area contributed by atoms with Crippen LogP contribution in [0.5, 0.6) is 0 Å². The average Bonchev–Trinajstić information content (AvgIpc) is 2.42. The standard InChI is InChI=1S/C12H20N2O2.C3H8.H2/c1-4-7-8-13-9-10(12(16)11(9)15)14(5-2)6-3;1-3-2;/h13H,4-8H2,1-3H3;3H2,1-2H3;1H. The largest absolute Gasteiger partial charge is 0.380 e. The van der Waals surface area contributed by atoms with Gasteiger partial charge in [-0.3, -0.25) is 9.59 Å². The molecule has 0 atom stereocenters. The van der Waals surface area contributed by atoms with Crippen LogP contribution < -0.4 is 21.1 Å². The van der Waals surface area contributed by atoms with Crippen molar-refractivity contribution < 1.29 is 1.43 Å². The summed E-state index contributed by atoms with van der Waals surface area (Å²) in [5.41, 5.74) is 0.383. The Kier molecular flexibility index (Phi) is 8.92. The van der Waals surface area contributed by atoms with Crippen LogP contribution in [0.2, 0.25) is 0 Å². The summed E-state index contributed by atoms with van der Waals surface area (Å²) in [6, 6.07) is 0. The molecule has 0 radical (unpaired) electrons. The molecular formula is C15H30N2O2. The molecular weight excluding hydrogens is 240 g/mol. The van der Waals surface area contributed by atoms with E-state index in [0.29, 0.717) is 11.4 Å². The second kappa shape index (κ2) is 9.59. The molecule has 0 spiro atoms. The van der Waals surface area contributed by atoms with E-state index in [9.17, 15) is 9.59 Å². The second-order valence-electron chi connectivity index (χ2n) is 4.54. The van der Waals surface area contributed by atoms with E-state index in [1.165, 1.54) is 6.42 Å². The van der Waals surface area contributed by atoms with Gasteiger partial charge in [0, 0.05) is 21.1 Å². The van der Waals surface area contributed by atoms with Crippen molar-refractivity contribution in [1.29, 1.82) is 0 Å². The first-order chi connectivity index (χ1) is 9.08. The minimum absolute atomic E-state index is 0. The summed E-state index contributed by atoms with van der Waals surface area (Å²) in [5.74, 6) is 0. The third-order valence-corrected chi connectivity index (χ3v) is 2.80. The lowest BCUT2D eigenvalue weighted by molar-refractivity contribution is 0.823. The molecule has 1 rings (SSSR count). The maximum atomic E-state index is 11.5. The van der Waals surface area contributed by atoms with Gasteiger partial charge < -0.3 is 10.2 Å². The number of nitrogens with one attached hydrogen (secondary N) is 1. The van der Waals surface area contributed by atoms with Gasteiger partial charge in [-0.15, -0.1) is 0 Å². The third kappa shape index (κ3) is 4.69. The minimum atomic E-state index is -0.363. The quantitative estimate of drug-likeness (QED) is 0.611. The Hall–Kier alpha value is -1.32. The Bertz CT molecular complexity index is 421. The molecule has 0 aliphatic carbocycles. The maximum Gasteiger partial charge on any atom is 0.253 e. The van der Waals surface area contributed by atoms with Crippen LogP contribution in [0.25, 0.3) is 0 Å². The van der Waals surface area contributed by atoms with Crippen molar-refractivity contribution in [3.05, 3.63) is 20.4 Å². The van der Waals surface area contributed by atoms with Crippen molar-refractivity contribution in [3.63, 3.8) is 0 Å². The number of hydrogen-bond donors (Lipinski definition) is 1. The summed E-state index contributed by atoms with van der Waals surface area (Å²) in [6.07, 6.45) is 3.33. The van der Waals surface area contributed by atoms with Gasteiger partial charge in [0.25, 0.3) is 10.9 Å². The number of nitrogens with zero attached hydrogens (tertiary/aromatic N) is 1. The highest BCUT2D eigenvalue weighted by molar-refractivity contribution is 5.75. The number of anilines is 2. The molecule has 0 aliphatic heterocycles. The van der Waals surface area contributed by atoms with E-state index in [4.69, 9.17) is 0 Å². The van der Waals surface area contributed by atoms with Gasteiger partial charge in [0.05, 0.1) is 0 Å². The monoisotopic (exact) mass is 270 g/mol. The van der Waals surface area contributed by atoms with Crippen LogP contribution >= 0.6 is 0 Å². The van der Waals surface area contributed by atoms with Gasteiger partial charge in [0.1, 0.15) is 11.4 Å². The topological polar surface area (TPSA) is 49.4 Å². The lowest BCUT2D eigenvalue weighted by Crippen LogP contribution is -2.42. The first-order valence-corrected chi connectivity index (χ1v) is 7.40. The fourth-order valence-electron chi connectivity index (χ4n) is 1.78. The highest BCUT2D eigenvalue weighted by Gasteiger charge is 2.23. The van der Waals surface area contributed by atoms with Crippen molar-refractivity contribution in [1.82, 2.24) is 0 Å². The van der Waals surface area contributed by atoms with E-state index in [0.717, 1.165) is 32.5 Å². The van der Waals surface area contributed by atoms with E-state index in [1.54, 1.807) is 0 Å². The Labute approximate surface area is 118 Å². The summed E-state index contributed by atoms with van der Waals surface area (Å²) in [6.45, 7) is 12.6. The molecule has 19 heavy (non-hydrogen) atoms. The predicted molar refractivity (Wildman–Crippen MR) is 86.4 cm³/mol. The molecule has 0 fully saturated rings. The molecule has 0 bridgehead atoms. The van der Waals surface area contributed by atoms with Crippen molar-refractivity contribution in [2.24, 2.45) is 0 Å². The maximum absolute atomic E-state index is 11.5. The van der Waals surface area contributed by atoms with E-state index in [1.807, 2.05) is 18.7 Å². The lowest BCUT2D eigenvalue weighted by atomic mass is 10.1. The summed E-state index contributed by atoms with van der Waals surface area (Å²) < 4.78 is 0. The van der Waals surface area contributed by atoms with Gasteiger partial charge in [-0.05, 0) is 20.3 Å². The molecule has 0 unspecified atom stereocenters. The second-order valence-corrected chi connectivity index (χ2v) is 4.54. The highest BCUT2D eigenvalue weighted by Crippen LogP contribution is 2.19. The smallest absolute Gasteiger partial charge is 0.253 e. The summed E-state index contributed by atoms with van der Waals surface area (Å²) in [4.78, 5) is 24.8. The highest BCUT2D eigenvalue weighted by atomic mass is 16.2. The summed E-state index contributed by atoms with van der Waals surface area (Å²) >= 11 is 0. The van der Waals surface area contributed by atoms with Gasteiger partial charge in [0.15, 0.2) is 0 Å². The molecule has 0 amide bonds. The first kappa shape index (κ1) is 17.7. The fraction of sp³-hybridized carbons (Fsp3) is 0.733. The number of hydrogen-bond acceptors (Lipinski definition) is 4.